The van der Waals surface area contributed by atoms with Gasteiger partial charge in [0, 0.05) is 12.5 Å². The fourth-order valence-corrected chi connectivity index (χ4v) is 3.21. The van der Waals surface area contributed by atoms with Crippen molar-refractivity contribution in [1.82, 2.24) is 4.90 Å². The van der Waals surface area contributed by atoms with Crippen LogP contribution in [-0.4, -0.2) is 33.8 Å². The molecule has 0 aromatic rings. The number of nitrogens with zero attached hydrogens (tertiary/aromatic N) is 1. The molecule has 1 amide bonds. The second-order valence-electron chi connectivity index (χ2n) is 5.54. The summed E-state index contributed by atoms with van der Waals surface area (Å²) in [5.41, 5.74) is -0.524. The van der Waals surface area contributed by atoms with Crippen LogP contribution in [0.15, 0.2) is 0 Å². The normalized spacial score (nSPS) is 37.9. The van der Waals surface area contributed by atoms with Crippen molar-refractivity contribution >= 4 is 22.0 Å². The van der Waals surface area contributed by atoms with Crippen molar-refractivity contribution in [1.29, 1.82) is 0 Å². The third kappa shape index (κ3) is 2.06. The van der Waals surface area contributed by atoms with Gasteiger partial charge in [0.2, 0.25) is 0 Å². The first-order valence-corrected chi connectivity index (χ1v) is 6.40. The highest BCUT2D eigenvalue weighted by atomic mass is 79.9. The first-order valence-electron chi connectivity index (χ1n) is 5.61. The van der Waals surface area contributed by atoms with Gasteiger partial charge in [-0.2, -0.15) is 0 Å². The number of rotatable bonds is 0. The van der Waals surface area contributed by atoms with E-state index < -0.39 is 16.3 Å². The fourth-order valence-electron chi connectivity index (χ4n) is 2.29. The Bertz CT molecular complexity index is 314. The molecule has 2 fully saturated rings. The van der Waals surface area contributed by atoms with Gasteiger partial charge in [-0.1, -0.05) is 0 Å². The fraction of sp³-hybridized carbons (Fsp3) is 0.909. The van der Waals surface area contributed by atoms with Gasteiger partial charge >= 0.3 is 6.09 Å². The number of hydrogen-bond acceptors (Lipinski definition) is 2. The Morgan fingerprint density at radius 2 is 2.19 bits per heavy atom. The van der Waals surface area contributed by atoms with Crippen LogP contribution in [0.2, 0.25) is 0 Å². The van der Waals surface area contributed by atoms with E-state index >= 15 is 0 Å². The van der Waals surface area contributed by atoms with Crippen molar-refractivity contribution in [2.24, 2.45) is 5.92 Å². The molecule has 1 heterocycles. The molecule has 92 valence electrons. The summed E-state index contributed by atoms with van der Waals surface area (Å²) in [5.74, 6) is -0.0613. The minimum atomic E-state index is -1.39. The summed E-state index contributed by atoms with van der Waals surface area (Å²) in [7, 11) is 0. The average molecular weight is 294 g/mol. The minimum absolute atomic E-state index is 0.0613. The van der Waals surface area contributed by atoms with E-state index in [9.17, 15) is 9.18 Å². The first-order chi connectivity index (χ1) is 7.23. The van der Waals surface area contributed by atoms with E-state index in [2.05, 4.69) is 15.9 Å². The Kier molecular flexibility index (Phi) is 2.72. The average Bonchev–Trinajstić information content (AvgIpc) is 2.67. The molecule has 3 nitrogen and oxygen atoms in total. The van der Waals surface area contributed by atoms with Crippen molar-refractivity contribution in [2.75, 3.05) is 6.54 Å². The maximum atomic E-state index is 13.9. The Balaban J connectivity index is 2.02. The summed E-state index contributed by atoms with van der Waals surface area (Å²) in [5, 5.41) is 0. The van der Waals surface area contributed by atoms with E-state index in [0.717, 1.165) is 12.8 Å². The second kappa shape index (κ2) is 3.59. The van der Waals surface area contributed by atoms with Crippen LogP contribution in [-0.2, 0) is 4.74 Å². The van der Waals surface area contributed by atoms with Crippen molar-refractivity contribution in [3.8, 4) is 0 Å². The van der Waals surface area contributed by atoms with E-state index in [1.807, 2.05) is 20.8 Å². The van der Waals surface area contributed by atoms with E-state index in [4.69, 9.17) is 4.74 Å². The SMILES string of the molecule is CC(C)(C)OC(=O)N1CCC[C@@H]2C1C2(F)Br. The molecule has 1 aliphatic carbocycles. The number of amides is 1. The first kappa shape index (κ1) is 12.1. The van der Waals surface area contributed by atoms with Gasteiger partial charge < -0.3 is 9.64 Å². The Hall–Kier alpha value is -0.320. The molecule has 0 aromatic heterocycles. The highest BCUT2D eigenvalue weighted by Crippen LogP contribution is 2.59. The molecule has 0 N–H and O–H groups in total. The van der Waals surface area contributed by atoms with Gasteiger partial charge in [-0.3, -0.25) is 0 Å². The zero-order chi connectivity index (χ0) is 12.1. The van der Waals surface area contributed by atoms with Crippen LogP contribution in [0.4, 0.5) is 9.18 Å². The molecule has 1 saturated carbocycles. The number of halogens is 2. The van der Waals surface area contributed by atoms with Gasteiger partial charge in [-0.15, -0.1) is 0 Å². The predicted molar refractivity (Wildman–Crippen MR) is 62.2 cm³/mol. The molecule has 5 heteroatoms. The molecule has 1 saturated heterocycles. The summed E-state index contributed by atoms with van der Waals surface area (Å²) in [6, 6.07) is -0.337. The molecule has 2 aliphatic rings. The monoisotopic (exact) mass is 293 g/mol. The molecule has 0 spiro atoms. The lowest BCUT2D eigenvalue weighted by Crippen LogP contribution is -2.42. The van der Waals surface area contributed by atoms with E-state index in [1.54, 1.807) is 0 Å². The Morgan fingerprint density at radius 3 is 2.75 bits per heavy atom. The maximum absolute atomic E-state index is 13.9. The molecular formula is C11H17BrFNO2. The van der Waals surface area contributed by atoms with Gasteiger partial charge in [0.15, 0.2) is 4.58 Å². The maximum Gasteiger partial charge on any atom is 0.410 e. The third-order valence-corrected chi connectivity index (χ3v) is 4.10. The van der Waals surface area contributed by atoms with E-state index in [0.29, 0.717) is 6.54 Å². The van der Waals surface area contributed by atoms with Crippen molar-refractivity contribution in [3.63, 3.8) is 0 Å². The Labute approximate surface area is 103 Å². The number of likely N-dealkylation sites (tertiary alicyclic amines) is 1. The van der Waals surface area contributed by atoms with Crippen LogP contribution < -0.4 is 0 Å². The molecular weight excluding hydrogens is 277 g/mol. The lowest BCUT2D eigenvalue weighted by molar-refractivity contribution is 0.0182. The van der Waals surface area contributed by atoms with Crippen LogP contribution in [0.25, 0.3) is 0 Å². The van der Waals surface area contributed by atoms with Crippen LogP contribution in [0.5, 0.6) is 0 Å². The number of carbonyl (C=O) groups is 1. The number of carbonyl (C=O) groups excluding carboxylic acids is 1. The third-order valence-electron chi connectivity index (χ3n) is 3.04. The number of alkyl halides is 2. The van der Waals surface area contributed by atoms with Crippen molar-refractivity contribution in [2.45, 2.75) is 49.8 Å². The second-order valence-corrected chi connectivity index (χ2v) is 6.76. The molecule has 0 radical (unpaired) electrons. The van der Waals surface area contributed by atoms with Crippen LogP contribution >= 0.6 is 15.9 Å². The molecule has 0 aromatic carbocycles. The summed E-state index contributed by atoms with van der Waals surface area (Å²) in [6.45, 7) is 6.04. The van der Waals surface area contributed by atoms with Gasteiger partial charge in [-0.05, 0) is 49.5 Å². The lowest BCUT2D eigenvalue weighted by atomic mass is 10.1. The van der Waals surface area contributed by atoms with E-state index in [-0.39, 0.29) is 12.0 Å². The standard InChI is InChI=1S/C11H17BrFNO2/c1-10(2,3)16-9(15)14-6-4-5-7-8(14)11(7,12)13/h7-8H,4-6H2,1-3H3/t7-,8?,11?/m1/s1. The molecule has 3 atom stereocenters. The van der Waals surface area contributed by atoms with Crippen molar-refractivity contribution in [3.05, 3.63) is 0 Å². The smallest absolute Gasteiger partial charge is 0.410 e. The zero-order valence-electron chi connectivity index (χ0n) is 9.80. The molecule has 1 aliphatic heterocycles. The van der Waals surface area contributed by atoms with Gasteiger partial charge in [0.05, 0.1) is 6.04 Å². The van der Waals surface area contributed by atoms with Crippen LogP contribution in [0, 0.1) is 5.92 Å². The Morgan fingerprint density at radius 1 is 1.56 bits per heavy atom. The number of hydrogen-bond donors (Lipinski definition) is 0. The zero-order valence-corrected chi connectivity index (χ0v) is 11.4. The van der Waals surface area contributed by atoms with Gasteiger partial charge in [0.1, 0.15) is 5.60 Å². The minimum Gasteiger partial charge on any atom is -0.444 e. The molecule has 0 bridgehead atoms. The van der Waals surface area contributed by atoms with Crippen LogP contribution in [0.3, 0.4) is 0 Å². The van der Waals surface area contributed by atoms with Crippen LogP contribution in [0.1, 0.15) is 33.6 Å². The summed E-state index contributed by atoms with van der Waals surface area (Å²) < 4.78 is 17.8. The lowest BCUT2D eigenvalue weighted by Gasteiger charge is -2.29. The molecule has 2 unspecified atom stereocenters. The van der Waals surface area contributed by atoms with Gasteiger partial charge in [-0.25, -0.2) is 9.18 Å². The number of fused-ring (bicyclic) bond motifs is 1. The predicted octanol–water partition coefficient (Wildman–Crippen LogP) is 3.08. The summed E-state index contributed by atoms with van der Waals surface area (Å²) in [6.07, 6.45) is 1.28. The van der Waals surface area contributed by atoms with E-state index in [1.165, 1.54) is 4.90 Å². The molecule has 2 rings (SSSR count). The number of piperidine rings is 1. The van der Waals surface area contributed by atoms with Crippen molar-refractivity contribution < 1.29 is 13.9 Å². The quantitative estimate of drug-likeness (QED) is 0.643. The molecule has 16 heavy (non-hydrogen) atoms. The topological polar surface area (TPSA) is 29.5 Å². The number of ether oxygens (including phenoxy) is 1. The summed E-state index contributed by atoms with van der Waals surface area (Å²) >= 11 is 3.05. The highest BCUT2D eigenvalue weighted by molar-refractivity contribution is 9.10. The highest BCUT2D eigenvalue weighted by Gasteiger charge is 2.69. The van der Waals surface area contributed by atoms with Gasteiger partial charge in [0.25, 0.3) is 0 Å². The summed E-state index contributed by atoms with van der Waals surface area (Å²) in [4.78, 5) is 13.4. The largest absolute Gasteiger partial charge is 0.444 e.